The normalized spacial score (nSPS) is 15.0. The zero-order valence-corrected chi connectivity index (χ0v) is 23.4. The van der Waals surface area contributed by atoms with Gasteiger partial charge in [0.1, 0.15) is 5.75 Å². The van der Waals surface area contributed by atoms with Crippen molar-refractivity contribution in [3.8, 4) is 5.75 Å². The molecule has 0 spiro atoms. The van der Waals surface area contributed by atoms with Crippen LogP contribution in [0.2, 0.25) is 0 Å². The summed E-state index contributed by atoms with van der Waals surface area (Å²) in [5.74, 6) is 0.434. The van der Waals surface area contributed by atoms with Crippen molar-refractivity contribution in [3.05, 3.63) is 47.5 Å². The van der Waals surface area contributed by atoms with Crippen LogP contribution in [0.15, 0.2) is 41.3 Å². The van der Waals surface area contributed by atoms with Gasteiger partial charge in [-0.3, -0.25) is 9.59 Å². The van der Waals surface area contributed by atoms with E-state index in [1.54, 1.807) is 62.2 Å². The van der Waals surface area contributed by atoms with Gasteiger partial charge in [0, 0.05) is 44.4 Å². The second kappa shape index (κ2) is 12.1. The van der Waals surface area contributed by atoms with Crippen molar-refractivity contribution in [2.45, 2.75) is 38.0 Å². The Labute approximate surface area is 220 Å². The van der Waals surface area contributed by atoms with Crippen LogP contribution in [0.1, 0.15) is 30.4 Å². The smallest absolute Gasteiger partial charge is 0.243 e. The van der Waals surface area contributed by atoms with Crippen LogP contribution in [0.3, 0.4) is 0 Å². The fraction of sp³-hybridized carbons (Fsp3) is 0.481. The van der Waals surface area contributed by atoms with Crippen molar-refractivity contribution in [3.63, 3.8) is 0 Å². The van der Waals surface area contributed by atoms with Crippen molar-refractivity contribution in [2.75, 3.05) is 58.1 Å². The third-order valence-corrected chi connectivity index (χ3v) is 9.09. The Bertz CT molecular complexity index is 1200. The third kappa shape index (κ3) is 6.88. The minimum absolute atomic E-state index is 0.000244. The van der Waals surface area contributed by atoms with Crippen LogP contribution in [-0.4, -0.2) is 77.3 Å². The summed E-state index contributed by atoms with van der Waals surface area (Å²) in [5, 5.41) is 2.80. The quantitative estimate of drug-likeness (QED) is 0.534. The van der Waals surface area contributed by atoms with E-state index in [4.69, 9.17) is 4.74 Å². The number of carbonyl (C=O) groups excluding carboxylic acids is 2. The van der Waals surface area contributed by atoms with Crippen molar-refractivity contribution in [1.29, 1.82) is 0 Å². The van der Waals surface area contributed by atoms with Gasteiger partial charge in [-0.2, -0.15) is 0 Å². The molecule has 1 aliphatic rings. The largest absolute Gasteiger partial charge is 0.497 e. The number of likely N-dealkylation sites (tertiary alicyclic amines) is 1. The number of nitrogens with one attached hydrogen (secondary N) is 1. The summed E-state index contributed by atoms with van der Waals surface area (Å²) in [7, 11) is 3.08. The van der Waals surface area contributed by atoms with E-state index in [0.717, 1.165) is 31.6 Å². The maximum atomic E-state index is 13.1. The van der Waals surface area contributed by atoms with E-state index < -0.39 is 10.0 Å². The first kappa shape index (κ1) is 28.6. The van der Waals surface area contributed by atoms with Gasteiger partial charge in [-0.1, -0.05) is 0 Å². The molecule has 202 valence electrons. The molecule has 0 saturated carbocycles. The van der Waals surface area contributed by atoms with Gasteiger partial charge >= 0.3 is 0 Å². The molecule has 37 heavy (non-hydrogen) atoms. The van der Waals surface area contributed by atoms with E-state index in [-0.39, 0.29) is 35.6 Å². The van der Waals surface area contributed by atoms with Crippen molar-refractivity contribution < 1.29 is 22.7 Å². The molecular formula is C27H38N4O5S. The number of rotatable bonds is 9. The van der Waals surface area contributed by atoms with Crippen LogP contribution in [0.25, 0.3) is 0 Å². The number of anilines is 2. The number of hydrogen-bond donors (Lipinski definition) is 1. The molecule has 1 N–H and O–H groups in total. The fourth-order valence-corrected chi connectivity index (χ4v) is 6.19. The summed E-state index contributed by atoms with van der Waals surface area (Å²) in [6, 6.07) is 10.5. The number of nitrogens with zero attached hydrogens (tertiary/aromatic N) is 3. The highest BCUT2D eigenvalue weighted by Gasteiger charge is 2.27. The highest BCUT2D eigenvalue weighted by atomic mass is 32.2. The van der Waals surface area contributed by atoms with Crippen molar-refractivity contribution in [2.24, 2.45) is 5.92 Å². The summed E-state index contributed by atoms with van der Waals surface area (Å²) >= 11 is 0. The fourth-order valence-electron chi connectivity index (χ4n) is 4.62. The Hall–Kier alpha value is -2.95. The molecule has 1 saturated heterocycles. The van der Waals surface area contributed by atoms with Crippen LogP contribution in [0.4, 0.5) is 11.4 Å². The monoisotopic (exact) mass is 530 g/mol. The number of piperidine rings is 1. The molecule has 0 aliphatic carbocycles. The van der Waals surface area contributed by atoms with E-state index in [2.05, 4.69) is 17.3 Å². The standard InChI is InChI=1S/C27H38N4O5S/c1-19-17-24(36-6)18-20(2)26(19)37(34,35)30(4)16-13-25(32)28-22-7-9-23(10-8-22)31(5)27(33)21-11-14-29(3)15-12-21/h7-10,17-18,21H,11-16H2,1-6H3,(H,28,32). The molecule has 1 heterocycles. The second-order valence-electron chi connectivity index (χ2n) is 9.74. The number of hydrogen-bond acceptors (Lipinski definition) is 6. The van der Waals surface area contributed by atoms with E-state index in [0.29, 0.717) is 22.6 Å². The van der Waals surface area contributed by atoms with E-state index in [9.17, 15) is 18.0 Å². The van der Waals surface area contributed by atoms with Gasteiger partial charge in [0.25, 0.3) is 0 Å². The second-order valence-corrected chi connectivity index (χ2v) is 11.7. The minimum atomic E-state index is -3.77. The molecule has 0 bridgehead atoms. The highest BCUT2D eigenvalue weighted by Crippen LogP contribution is 2.28. The van der Waals surface area contributed by atoms with Crippen LogP contribution < -0.4 is 15.0 Å². The Balaban J connectivity index is 1.56. The predicted octanol–water partition coefficient (Wildman–Crippen LogP) is 3.27. The molecule has 0 atom stereocenters. The first-order chi connectivity index (χ1) is 17.4. The summed E-state index contributed by atoms with van der Waals surface area (Å²) < 4.78 is 32.7. The van der Waals surface area contributed by atoms with E-state index in [1.165, 1.54) is 18.5 Å². The van der Waals surface area contributed by atoms with E-state index >= 15 is 0 Å². The highest BCUT2D eigenvalue weighted by molar-refractivity contribution is 7.89. The molecule has 3 rings (SSSR count). The van der Waals surface area contributed by atoms with Gasteiger partial charge in [0.2, 0.25) is 21.8 Å². The lowest BCUT2D eigenvalue weighted by atomic mass is 9.95. The van der Waals surface area contributed by atoms with Gasteiger partial charge in [0.15, 0.2) is 0 Å². The topological polar surface area (TPSA) is 99.3 Å². The SMILES string of the molecule is COc1cc(C)c(S(=O)(=O)N(C)CCC(=O)Nc2ccc(N(C)C(=O)C3CCN(C)CC3)cc2)c(C)c1. The van der Waals surface area contributed by atoms with Gasteiger partial charge in [0.05, 0.1) is 12.0 Å². The molecular weight excluding hydrogens is 492 g/mol. The van der Waals surface area contributed by atoms with Gasteiger partial charge in [-0.25, -0.2) is 12.7 Å². The molecule has 9 nitrogen and oxygen atoms in total. The first-order valence-electron chi connectivity index (χ1n) is 12.4. The maximum absolute atomic E-state index is 13.1. The average molecular weight is 531 g/mol. The van der Waals surface area contributed by atoms with Crippen LogP contribution in [0.5, 0.6) is 5.75 Å². The molecule has 2 aromatic carbocycles. The molecule has 2 aromatic rings. The van der Waals surface area contributed by atoms with Crippen molar-refractivity contribution >= 4 is 33.2 Å². The van der Waals surface area contributed by atoms with Crippen LogP contribution in [-0.2, 0) is 19.6 Å². The first-order valence-corrected chi connectivity index (χ1v) is 13.9. The van der Waals surface area contributed by atoms with Crippen LogP contribution in [0, 0.1) is 19.8 Å². The number of benzene rings is 2. The number of aryl methyl sites for hydroxylation is 2. The summed E-state index contributed by atoms with van der Waals surface area (Å²) in [4.78, 5) is 29.5. The number of amides is 2. The van der Waals surface area contributed by atoms with Gasteiger partial charge in [-0.05, 0) is 94.4 Å². The lowest BCUT2D eigenvalue weighted by molar-refractivity contribution is -0.123. The van der Waals surface area contributed by atoms with Crippen molar-refractivity contribution in [1.82, 2.24) is 9.21 Å². The Kier molecular flexibility index (Phi) is 9.33. The molecule has 10 heteroatoms. The van der Waals surface area contributed by atoms with Gasteiger partial charge in [-0.15, -0.1) is 0 Å². The van der Waals surface area contributed by atoms with Crippen LogP contribution >= 0.6 is 0 Å². The zero-order chi connectivity index (χ0) is 27.3. The summed E-state index contributed by atoms with van der Waals surface area (Å²) in [5.41, 5.74) is 2.53. The maximum Gasteiger partial charge on any atom is 0.243 e. The average Bonchev–Trinajstić information content (AvgIpc) is 2.86. The number of methoxy groups -OCH3 is 1. The summed E-state index contributed by atoms with van der Waals surface area (Å²) in [6.45, 7) is 5.33. The molecule has 0 unspecified atom stereocenters. The molecule has 1 aliphatic heterocycles. The predicted molar refractivity (Wildman–Crippen MR) is 146 cm³/mol. The van der Waals surface area contributed by atoms with E-state index in [1.807, 2.05) is 0 Å². The summed E-state index contributed by atoms with van der Waals surface area (Å²) in [6.07, 6.45) is 1.71. The minimum Gasteiger partial charge on any atom is -0.497 e. The third-order valence-electron chi connectivity index (χ3n) is 6.93. The lowest BCUT2D eigenvalue weighted by Gasteiger charge is -2.31. The Morgan fingerprint density at radius 1 is 1.05 bits per heavy atom. The zero-order valence-electron chi connectivity index (χ0n) is 22.6. The molecule has 0 radical (unpaired) electrons. The molecule has 1 fully saturated rings. The molecule has 2 amide bonds. The number of sulfonamides is 1. The Morgan fingerprint density at radius 3 is 2.16 bits per heavy atom. The van der Waals surface area contributed by atoms with Gasteiger partial charge < -0.3 is 19.9 Å². The molecule has 0 aromatic heterocycles. The Morgan fingerprint density at radius 2 is 1.62 bits per heavy atom. The number of ether oxygens (including phenoxy) is 1. The lowest BCUT2D eigenvalue weighted by Crippen LogP contribution is -2.39. The number of carbonyl (C=O) groups is 2.